The quantitative estimate of drug-likeness (QED) is 0.566. The van der Waals surface area contributed by atoms with Gasteiger partial charge in [-0.1, -0.05) is 36.4 Å². The molecule has 4 nitrogen and oxygen atoms in total. The molecule has 21 heavy (non-hydrogen) atoms. The van der Waals surface area contributed by atoms with Gasteiger partial charge < -0.3 is 5.11 Å². The molecule has 2 N–H and O–H groups in total. The lowest BCUT2D eigenvalue weighted by molar-refractivity contribution is -0.138. The first-order valence-corrected chi connectivity index (χ1v) is 7.26. The van der Waals surface area contributed by atoms with E-state index in [4.69, 9.17) is 5.11 Å². The van der Waals surface area contributed by atoms with Gasteiger partial charge in [-0.05, 0) is 23.3 Å². The fourth-order valence-electron chi connectivity index (χ4n) is 2.28. The van der Waals surface area contributed by atoms with Crippen molar-refractivity contribution in [3.8, 4) is 0 Å². The minimum absolute atomic E-state index is 0.0215. The van der Waals surface area contributed by atoms with Crippen LogP contribution in [0, 0.1) is 6.92 Å². The van der Waals surface area contributed by atoms with Gasteiger partial charge in [-0.3, -0.25) is 14.9 Å². The zero-order valence-corrected chi connectivity index (χ0v) is 12.6. The zero-order chi connectivity index (χ0) is 15.4. The molecule has 0 aliphatic heterocycles. The lowest BCUT2D eigenvalue weighted by Crippen LogP contribution is -2.41. The van der Waals surface area contributed by atoms with Gasteiger partial charge in [-0.15, -0.1) is 0 Å². The molecule has 2 aromatic carbocycles. The van der Waals surface area contributed by atoms with Gasteiger partial charge in [0.2, 0.25) is 0 Å². The summed E-state index contributed by atoms with van der Waals surface area (Å²) >= 11 is 3.97. The van der Waals surface area contributed by atoms with E-state index >= 15 is 0 Å². The van der Waals surface area contributed by atoms with Crippen molar-refractivity contribution in [2.75, 3.05) is 12.3 Å². The number of nitrogens with one attached hydrogen (secondary N) is 1. The molecule has 0 saturated carbocycles. The third kappa shape index (κ3) is 3.43. The Balaban J connectivity index is 2.27. The van der Waals surface area contributed by atoms with Crippen molar-refractivity contribution in [3.63, 3.8) is 0 Å². The number of rotatable bonds is 6. The SMILES string of the molecule is Cc1ccc2ccccc2c1C(=O)CN[C@H](CS)C(=O)O. The van der Waals surface area contributed by atoms with Gasteiger partial charge in [0.25, 0.3) is 0 Å². The summed E-state index contributed by atoms with van der Waals surface area (Å²) in [5.41, 5.74) is 1.53. The molecule has 0 fully saturated rings. The Bertz CT molecular complexity index is 684. The standard InChI is InChI=1S/C16H17NO3S/c1-10-6-7-11-4-2-3-5-12(11)15(10)14(18)8-17-13(9-21)16(19)20/h2-7,13,17,21H,8-9H2,1H3,(H,19,20)/t13-/m1/s1. The summed E-state index contributed by atoms with van der Waals surface area (Å²) < 4.78 is 0. The Kier molecular flexibility index (Phi) is 4.98. The second-order valence-electron chi connectivity index (χ2n) is 4.86. The third-order valence-electron chi connectivity index (χ3n) is 3.41. The summed E-state index contributed by atoms with van der Waals surface area (Å²) in [6, 6.07) is 10.7. The van der Waals surface area contributed by atoms with E-state index in [2.05, 4.69) is 17.9 Å². The van der Waals surface area contributed by atoms with Crippen LogP contribution < -0.4 is 5.32 Å². The topological polar surface area (TPSA) is 66.4 Å². The number of benzene rings is 2. The molecule has 0 unspecified atom stereocenters. The normalized spacial score (nSPS) is 12.3. The van der Waals surface area contributed by atoms with Crippen molar-refractivity contribution in [3.05, 3.63) is 47.5 Å². The van der Waals surface area contributed by atoms with Gasteiger partial charge in [0, 0.05) is 11.3 Å². The molecule has 0 saturated heterocycles. The van der Waals surface area contributed by atoms with Crippen LogP contribution in [-0.2, 0) is 4.79 Å². The van der Waals surface area contributed by atoms with Gasteiger partial charge in [-0.2, -0.15) is 12.6 Å². The second kappa shape index (κ2) is 6.74. The number of carboxylic acids is 1. The van der Waals surface area contributed by atoms with Gasteiger partial charge in [-0.25, -0.2) is 0 Å². The van der Waals surface area contributed by atoms with Crippen molar-refractivity contribution >= 4 is 35.2 Å². The van der Waals surface area contributed by atoms with Crippen molar-refractivity contribution in [1.82, 2.24) is 5.32 Å². The maximum absolute atomic E-state index is 12.4. The van der Waals surface area contributed by atoms with E-state index in [9.17, 15) is 9.59 Å². The number of Topliss-reactive ketones (excluding diaryl/α,β-unsaturated/α-hetero) is 1. The molecular formula is C16H17NO3S. The summed E-state index contributed by atoms with van der Waals surface area (Å²) in [5, 5.41) is 13.6. The zero-order valence-electron chi connectivity index (χ0n) is 11.7. The molecule has 2 rings (SSSR count). The van der Waals surface area contributed by atoms with E-state index in [0.717, 1.165) is 16.3 Å². The van der Waals surface area contributed by atoms with Crippen LogP contribution in [0.2, 0.25) is 0 Å². The molecule has 1 atom stereocenters. The first-order valence-electron chi connectivity index (χ1n) is 6.63. The van der Waals surface area contributed by atoms with E-state index < -0.39 is 12.0 Å². The van der Waals surface area contributed by atoms with Crippen LogP contribution in [0.5, 0.6) is 0 Å². The Morgan fingerprint density at radius 2 is 1.95 bits per heavy atom. The lowest BCUT2D eigenvalue weighted by atomic mass is 9.96. The van der Waals surface area contributed by atoms with Gasteiger partial charge in [0.15, 0.2) is 5.78 Å². The molecule has 0 aliphatic carbocycles. The number of hydrogen-bond donors (Lipinski definition) is 3. The average molecular weight is 303 g/mol. The van der Waals surface area contributed by atoms with Gasteiger partial charge in [0.05, 0.1) is 6.54 Å². The number of ketones is 1. The van der Waals surface area contributed by atoms with E-state index in [1.165, 1.54) is 0 Å². The molecule has 0 aliphatic rings. The third-order valence-corrected chi connectivity index (χ3v) is 3.77. The summed E-state index contributed by atoms with van der Waals surface area (Å²) in [4.78, 5) is 23.4. The average Bonchev–Trinajstić information content (AvgIpc) is 2.47. The molecular weight excluding hydrogens is 286 g/mol. The number of carbonyl (C=O) groups is 2. The van der Waals surface area contributed by atoms with Crippen molar-refractivity contribution in [1.29, 1.82) is 0 Å². The van der Waals surface area contributed by atoms with Crippen LogP contribution in [-0.4, -0.2) is 35.2 Å². The highest BCUT2D eigenvalue weighted by atomic mass is 32.1. The summed E-state index contributed by atoms with van der Waals surface area (Å²) in [7, 11) is 0. The number of fused-ring (bicyclic) bond motifs is 1. The number of aryl methyl sites for hydroxylation is 1. The fraction of sp³-hybridized carbons (Fsp3) is 0.250. The molecule has 110 valence electrons. The van der Waals surface area contributed by atoms with E-state index in [-0.39, 0.29) is 18.1 Å². The first kappa shape index (κ1) is 15.5. The molecule has 0 heterocycles. The Hall–Kier alpha value is -1.85. The predicted octanol–water partition coefficient (Wildman–Crippen LogP) is 2.30. The van der Waals surface area contributed by atoms with Crippen molar-refractivity contribution < 1.29 is 14.7 Å². The van der Waals surface area contributed by atoms with Gasteiger partial charge in [0.1, 0.15) is 6.04 Å². The maximum atomic E-state index is 12.4. The molecule has 2 aromatic rings. The van der Waals surface area contributed by atoms with E-state index in [0.29, 0.717) is 5.56 Å². The highest BCUT2D eigenvalue weighted by molar-refractivity contribution is 7.80. The number of aliphatic carboxylic acids is 1. The molecule has 0 aromatic heterocycles. The first-order chi connectivity index (χ1) is 10.0. The van der Waals surface area contributed by atoms with Crippen LogP contribution in [0.25, 0.3) is 10.8 Å². The molecule has 0 spiro atoms. The summed E-state index contributed by atoms with van der Waals surface area (Å²) in [6.45, 7) is 1.86. The van der Waals surface area contributed by atoms with Crippen LogP contribution in [0.1, 0.15) is 15.9 Å². The maximum Gasteiger partial charge on any atom is 0.321 e. The van der Waals surface area contributed by atoms with Gasteiger partial charge >= 0.3 is 5.97 Å². The Morgan fingerprint density at radius 1 is 1.24 bits per heavy atom. The molecule has 5 heteroatoms. The number of carboxylic acid groups (broad SMARTS) is 1. The molecule has 0 bridgehead atoms. The number of carbonyl (C=O) groups excluding carboxylic acids is 1. The summed E-state index contributed by atoms with van der Waals surface area (Å²) in [5.74, 6) is -0.985. The van der Waals surface area contributed by atoms with Crippen LogP contribution in [0.3, 0.4) is 0 Å². The highest BCUT2D eigenvalue weighted by Gasteiger charge is 2.18. The Morgan fingerprint density at radius 3 is 2.62 bits per heavy atom. The second-order valence-corrected chi connectivity index (χ2v) is 5.22. The monoisotopic (exact) mass is 303 g/mol. The minimum atomic E-state index is -1.01. The van der Waals surface area contributed by atoms with Crippen molar-refractivity contribution in [2.45, 2.75) is 13.0 Å². The van der Waals surface area contributed by atoms with E-state index in [1.54, 1.807) is 0 Å². The smallest absolute Gasteiger partial charge is 0.321 e. The largest absolute Gasteiger partial charge is 0.480 e. The predicted molar refractivity (Wildman–Crippen MR) is 86.3 cm³/mol. The van der Waals surface area contributed by atoms with Crippen molar-refractivity contribution in [2.24, 2.45) is 0 Å². The molecule has 0 radical (unpaired) electrons. The van der Waals surface area contributed by atoms with E-state index in [1.807, 2.05) is 43.3 Å². The lowest BCUT2D eigenvalue weighted by Gasteiger charge is -2.13. The number of thiol groups is 1. The molecule has 0 amide bonds. The highest BCUT2D eigenvalue weighted by Crippen LogP contribution is 2.22. The minimum Gasteiger partial charge on any atom is -0.480 e. The fourth-order valence-corrected chi connectivity index (χ4v) is 2.57. The number of hydrogen-bond acceptors (Lipinski definition) is 4. The van der Waals surface area contributed by atoms with Crippen LogP contribution >= 0.6 is 12.6 Å². The van der Waals surface area contributed by atoms with Crippen LogP contribution in [0.15, 0.2) is 36.4 Å². The van der Waals surface area contributed by atoms with Crippen LogP contribution in [0.4, 0.5) is 0 Å². The summed E-state index contributed by atoms with van der Waals surface area (Å²) in [6.07, 6.45) is 0. The Labute approximate surface area is 128 Å².